The Morgan fingerprint density at radius 3 is 2.29 bits per heavy atom. The topological polar surface area (TPSA) is 55.1 Å². The molecule has 1 saturated carbocycles. The third-order valence-corrected chi connectivity index (χ3v) is 5.06. The summed E-state index contributed by atoms with van der Waals surface area (Å²) in [4.78, 5) is 13.6. The van der Waals surface area contributed by atoms with Crippen molar-refractivity contribution < 1.29 is 4.79 Å². The van der Waals surface area contributed by atoms with Crippen LogP contribution in [0, 0.1) is 0 Å². The standard InChI is InChI=1S/C17H26N2OS/c1-12(2)21-15-8-6-14(7-9-15)13(3)19-16(20)17(18)10-4-5-11-17/h6-9,12-13H,4-5,10-11,18H2,1-3H3,(H,19,20). The van der Waals surface area contributed by atoms with Crippen LogP contribution in [0.5, 0.6) is 0 Å². The predicted octanol–water partition coefficient (Wildman–Crippen LogP) is 3.64. The molecule has 0 saturated heterocycles. The van der Waals surface area contributed by atoms with Crippen LogP contribution in [0.2, 0.25) is 0 Å². The van der Waals surface area contributed by atoms with E-state index in [0.29, 0.717) is 5.25 Å². The first-order valence-electron chi connectivity index (χ1n) is 7.77. The molecule has 0 aromatic heterocycles. The van der Waals surface area contributed by atoms with Gasteiger partial charge in [0.2, 0.25) is 5.91 Å². The number of hydrogen-bond acceptors (Lipinski definition) is 3. The zero-order chi connectivity index (χ0) is 15.5. The summed E-state index contributed by atoms with van der Waals surface area (Å²) in [5.74, 6) is -0.00636. The van der Waals surface area contributed by atoms with Gasteiger partial charge in [-0.15, -0.1) is 11.8 Å². The minimum atomic E-state index is -0.651. The molecule has 0 bridgehead atoms. The van der Waals surface area contributed by atoms with Crippen molar-refractivity contribution >= 4 is 17.7 Å². The Balaban J connectivity index is 1.96. The molecule has 116 valence electrons. The van der Waals surface area contributed by atoms with Crippen LogP contribution in [0.15, 0.2) is 29.2 Å². The lowest BCUT2D eigenvalue weighted by Gasteiger charge is -2.25. The number of carbonyl (C=O) groups excluding carboxylic acids is 1. The fraction of sp³-hybridized carbons (Fsp3) is 0.588. The molecule has 1 fully saturated rings. The van der Waals surface area contributed by atoms with Crippen molar-refractivity contribution in [1.82, 2.24) is 5.32 Å². The minimum absolute atomic E-state index is 0.00313. The van der Waals surface area contributed by atoms with E-state index < -0.39 is 5.54 Å². The average molecular weight is 306 g/mol. The maximum absolute atomic E-state index is 12.3. The summed E-state index contributed by atoms with van der Waals surface area (Å²) < 4.78 is 0. The first-order chi connectivity index (χ1) is 9.90. The molecule has 3 N–H and O–H groups in total. The van der Waals surface area contributed by atoms with Crippen molar-refractivity contribution in [1.29, 1.82) is 0 Å². The van der Waals surface area contributed by atoms with E-state index in [-0.39, 0.29) is 11.9 Å². The average Bonchev–Trinajstić information content (AvgIpc) is 2.87. The van der Waals surface area contributed by atoms with Crippen LogP contribution in [0.1, 0.15) is 58.1 Å². The van der Waals surface area contributed by atoms with Gasteiger partial charge in [-0.2, -0.15) is 0 Å². The van der Waals surface area contributed by atoms with E-state index in [0.717, 1.165) is 31.2 Å². The van der Waals surface area contributed by atoms with Crippen LogP contribution in [0.25, 0.3) is 0 Å². The first kappa shape index (κ1) is 16.4. The van der Waals surface area contributed by atoms with E-state index in [1.165, 1.54) is 4.90 Å². The second-order valence-electron chi connectivity index (χ2n) is 6.29. The summed E-state index contributed by atoms with van der Waals surface area (Å²) in [6.45, 7) is 6.38. The molecule has 1 aliphatic carbocycles. The van der Waals surface area contributed by atoms with Crippen molar-refractivity contribution in [3.05, 3.63) is 29.8 Å². The summed E-state index contributed by atoms with van der Waals surface area (Å²) in [6.07, 6.45) is 3.71. The molecule has 0 radical (unpaired) electrons. The predicted molar refractivity (Wildman–Crippen MR) is 89.4 cm³/mol. The maximum Gasteiger partial charge on any atom is 0.240 e. The highest BCUT2D eigenvalue weighted by atomic mass is 32.2. The molecule has 1 aromatic rings. The summed E-state index contributed by atoms with van der Waals surface area (Å²) in [7, 11) is 0. The lowest BCUT2D eigenvalue weighted by atomic mass is 9.97. The Bertz CT molecular complexity index is 478. The lowest BCUT2D eigenvalue weighted by Crippen LogP contribution is -2.52. The third kappa shape index (κ3) is 4.24. The van der Waals surface area contributed by atoms with Gasteiger partial charge in [-0.1, -0.05) is 38.8 Å². The molecule has 21 heavy (non-hydrogen) atoms. The number of nitrogens with one attached hydrogen (secondary N) is 1. The van der Waals surface area contributed by atoms with E-state index in [1.807, 2.05) is 18.7 Å². The SMILES string of the molecule is CC(C)Sc1ccc(C(C)NC(=O)C2(N)CCCC2)cc1. The highest BCUT2D eigenvalue weighted by Crippen LogP contribution is 2.29. The molecule has 2 rings (SSSR count). The van der Waals surface area contributed by atoms with Crippen LogP contribution < -0.4 is 11.1 Å². The molecule has 1 aromatic carbocycles. The lowest BCUT2D eigenvalue weighted by molar-refractivity contribution is -0.126. The molecule has 0 aliphatic heterocycles. The number of hydrogen-bond donors (Lipinski definition) is 2. The van der Waals surface area contributed by atoms with Gasteiger partial charge in [-0.25, -0.2) is 0 Å². The van der Waals surface area contributed by atoms with Crippen molar-refractivity contribution in [3.63, 3.8) is 0 Å². The Morgan fingerprint density at radius 2 is 1.76 bits per heavy atom. The number of thioether (sulfide) groups is 1. The quantitative estimate of drug-likeness (QED) is 0.817. The summed E-state index contributed by atoms with van der Waals surface area (Å²) in [6, 6.07) is 8.42. The highest BCUT2D eigenvalue weighted by Gasteiger charge is 2.37. The van der Waals surface area contributed by atoms with Gasteiger partial charge in [0.25, 0.3) is 0 Å². The maximum atomic E-state index is 12.3. The number of amides is 1. The van der Waals surface area contributed by atoms with E-state index in [9.17, 15) is 4.79 Å². The molecule has 0 spiro atoms. The number of carbonyl (C=O) groups is 1. The Kier molecular flexibility index (Phi) is 5.33. The largest absolute Gasteiger partial charge is 0.348 e. The van der Waals surface area contributed by atoms with E-state index in [2.05, 4.69) is 43.4 Å². The van der Waals surface area contributed by atoms with Gasteiger partial charge >= 0.3 is 0 Å². The van der Waals surface area contributed by atoms with Crippen LogP contribution in [-0.4, -0.2) is 16.7 Å². The molecule has 4 heteroatoms. The Morgan fingerprint density at radius 1 is 1.19 bits per heavy atom. The van der Waals surface area contributed by atoms with Gasteiger partial charge in [0.05, 0.1) is 11.6 Å². The molecule has 3 nitrogen and oxygen atoms in total. The van der Waals surface area contributed by atoms with Gasteiger partial charge in [0.15, 0.2) is 0 Å². The molecule has 1 amide bonds. The summed E-state index contributed by atoms with van der Waals surface area (Å²) in [5, 5.41) is 3.64. The normalized spacial score (nSPS) is 18.7. The fourth-order valence-electron chi connectivity index (χ4n) is 2.76. The van der Waals surface area contributed by atoms with Crippen molar-refractivity contribution in [3.8, 4) is 0 Å². The second kappa shape index (κ2) is 6.84. The second-order valence-corrected chi connectivity index (χ2v) is 7.94. The van der Waals surface area contributed by atoms with Crippen LogP contribution in [0.4, 0.5) is 0 Å². The van der Waals surface area contributed by atoms with Crippen molar-refractivity contribution in [2.75, 3.05) is 0 Å². The summed E-state index contributed by atoms with van der Waals surface area (Å²) in [5.41, 5.74) is 6.66. The van der Waals surface area contributed by atoms with Gasteiger partial charge in [0.1, 0.15) is 0 Å². The Hall–Kier alpha value is -1.00. The van der Waals surface area contributed by atoms with E-state index in [1.54, 1.807) is 0 Å². The van der Waals surface area contributed by atoms with Gasteiger partial charge in [-0.3, -0.25) is 4.79 Å². The van der Waals surface area contributed by atoms with Crippen LogP contribution in [0.3, 0.4) is 0 Å². The molecule has 0 heterocycles. The summed E-state index contributed by atoms with van der Waals surface area (Å²) >= 11 is 1.85. The number of benzene rings is 1. The molecule has 1 unspecified atom stereocenters. The first-order valence-corrected chi connectivity index (χ1v) is 8.65. The van der Waals surface area contributed by atoms with Crippen LogP contribution in [-0.2, 0) is 4.79 Å². The molecular weight excluding hydrogens is 280 g/mol. The van der Waals surface area contributed by atoms with Gasteiger partial charge < -0.3 is 11.1 Å². The zero-order valence-corrected chi connectivity index (χ0v) is 14.0. The Labute approximate surface area is 132 Å². The van der Waals surface area contributed by atoms with Crippen LogP contribution >= 0.6 is 11.8 Å². The van der Waals surface area contributed by atoms with Gasteiger partial charge in [0, 0.05) is 10.1 Å². The smallest absolute Gasteiger partial charge is 0.240 e. The van der Waals surface area contributed by atoms with Crippen molar-refractivity contribution in [2.45, 2.75) is 68.2 Å². The van der Waals surface area contributed by atoms with E-state index in [4.69, 9.17) is 5.73 Å². The zero-order valence-electron chi connectivity index (χ0n) is 13.2. The number of rotatable bonds is 5. The highest BCUT2D eigenvalue weighted by molar-refractivity contribution is 7.99. The molecular formula is C17H26N2OS. The third-order valence-electron chi connectivity index (χ3n) is 4.05. The molecule has 1 atom stereocenters. The molecule has 1 aliphatic rings. The number of nitrogens with two attached hydrogens (primary N) is 1. The van der Waals surface area contributed by atoms with E-state index >= 15 is 0 Å². The van der Waals surface area contributed by atoms with Crippen molar-refractivity contribution in [2.24, 2.45) is 5.73 Å². The van der Waals surface area contributed by atoms with Gasteiger partial charge in [-0.05, 0) is 37.5 Å². The monoisotopic (exact) mass is 306 g/mol. The minimum Gasteiger partial charge on any atom is -0.348 e. The fourth-order valence-corrected chi connectivity index (χ4v) is 3.60.